The number of ether oxygens (including phenoxy) is 1. The normalized spacial score (nSPS) is 11.2. The largest absolute Gasteiger partial charge is 0.471 e. The van der Waals surface area contributed by atoms with E-state index >= 15 is 0 Å². The van der Waals surface area contributed by atoms with Gasteiger partial charge in [0.2, 0.25) is 0 Å². The van der Waals surface area contributed by atoms with Crippen molar-refractivity contribution in [2.45, 2.75) is 20.0 Å². The molecule has 0 saturated heterocycles. The maximum Gasteiger partial charge on any atom is 0.471 e. The smallest absolute Gasteiger partial charge is 0.465 e. The average Bonchev–Trinajstić information content (AvgIpc) is 2.89. The Morgan fingerprint density at radius 2 is 1.83 bits per heavy atom. The van der Waals surface area contributed by atoms with Crippen molar-refractivity contribution >= 4 is 28.2 Å². The summed E-state index contributed by atoms with van der Waals surface area (Å²) >= 11 is 0.839. The fourth-order valence-electron chi connectivity index (χ4n) is 2.24. The predicted octanol–water partition coefficient (Wildman–Crippen LogP) is 4.32. The van der Waals surface area contributed by atoms with E-state index in [9.17, 15) is 22.8 Å². The second-order valence-electron chi connectivity index (χ2n) is 5.12. The van der Waals surface area contributed by atoms with Crippen molar-refractivity contribution in [1.82, 2.24) is 0 Å². The van der Waals surface area contributed by atoms with Crippen LogP contribution in [0, 0.1) is 13.8 Å². The van der Waals surface area contributed by atoms with E-state index in [1.54, 1.807) is 11.4 Å². The molecule has 0 saturated carbocycles. The van der Waals surface area contributed by atoms with Crippen molar-refractivity contribution < 1.29 is 27.5 Å². The Balaban J connectivity index is 2.54. The number of amides is 1. The molecule has 1 heterocycles. The number of esters is 1. The van der Waals surface area contributed by atoms with Gasteiger partial charge in [0.05, 0.1) is 7.11 Å². The quantitative estimate of drug-likeness (QED) is 0.833. The van der Waals surface area contributed by atoms with E-state index < -0.39 is 18.1 Å². The summed E-state index contributed by atoms with van der Waals surface area (Å²) in [6.07, 6.45) is -5.04. The third-order valence-electron chi connectivity index (χ3n) is 3.34. The second-order valence-corrected chi connectivity index (χ2v) is 5.99. The van der Waals surface area contributed by atoms with Gasteiger partial charge < -0.3 is 10.1 Å². The standard InChI is InChI=1S/C16H14F3NO3S/c1-8-4-5-10(9(2)6-8)11-7-24-13(12(11)14(21)23-3)20-15(22)16(17,18)19/h4-7H,1-3H3,(H,20,22). The molecule has 2 rings (SSSR count). The molecule has 24 heavy (non-hydrogen) atoms. The first-order chi connectivity index (χ1) is 11.1. The molecule has 0 aliphatic heterocycles. The number of hydrogen-bond acceptors (Lipinski definition) is 4. The minimum Gasteiger partial charge on any atom is -0.465 e. The van der Waals surface area contributed by atoms with Crippen LogP contribution in [0.15, 0.2) is 23.6 Å². The number of aryl methyl sites for hydroxylation is 2. The van der Waals surface area contributed by atoms with Crippen molar-refractivity contribution in [3.05, 3.63) is 40.3 Å². The van der Waals surface area contributed by atoms with Crippen molar-refractivity contribution in [3.8, 4) is 11.1 Å². The summed E-state index contributed by atoms with van der Waals surface area (Å²) in [7, 11) is 1.13. The number of nitrogens with one attached hydrogen (secondary N) is 1. The molecule has 0 unspecified atom stereocenters. The number of anilines is 1. The minimum atomic E-state index is -5.04. The summed E-state index contributed by atoms with van der Waals surface area (Å²) in [6.45, 7) is 3.73. The first-order valence-electron chi connectivity index (χ1n) is 6.80. The second kappa shape index (κ2) is 6.64. The first-order valence-corrected chi connectivity index (χ1v) is 7.68. The number of hydrogen-bond donors (Lipinski definition) is 1. The molecule has 0 fully saturated rings. The molecule has 1 aromatic carbocycles. The van der Waals surface area contributed by atoms with Crippen LogP contribution in [-0.4, -0.2) is 25.2 Å². The Bertz CT molecular complexity index is 796. The van der Waals surface area contributed by atoms with Crippen molar-refractivity contribution in [1.29, 1.82) is 0 Å². The maximum atomic E-state index is 12.5. The van der Waals surface area contributed by atoms with Crippen LogP contribution in [0.5, 0.6) is 0 Å². The fourth-order valence-corrected chi connectivity index (χ4v) is 3.19. The lowest BCUT2D eigenvalue weighted by atomic mass is 9.98. The molecule has 0 radical (unpaired) electrons. The SMILES string of the molecule is COC(=O)c1c(-c2ccc(C)cc2C)csc1NC(=O)C(F)(F)F. The Hall–Kier alpha value is -2.35. The molecule has 2 aromatic rings. The summed E-state index contributed by atoms with van der Waals surface area (Å²) in [5.41, 5.74) is 2.88. The average molecular weight is 357 g/mol. The van der Waals surface area contributed by atoms with Crippen LogP contribution < -0.4 is 5.32 Å². The number of carbonyl (C=O) groups is 2. The lowest BCUT2D eigenvalue weighted by molar-refractivity contribution is -0.167. The molecule has 0 aliphatic carbocycles. The summed E-state index contributed by atoms with van der Waals surface area (Å²) in [4.78, 5) is 23.2. The first kappa shape index (κ1) is 18.0. The van der Waals surface area contributed by atoms with Gasteiger partial charge in [-0.1, -0.05) is 23.8 Å². The van der Waals surface area contributed by atoms with Crippen LogP contribution in [0.2, 0.25) is 0 Å². The van der Waals surface area contributed by atoms with Gasteiger partial charge in [-0.15, -0.1) is 11.3 Å². The van der Waals surface area contributed by atoms with E-state index in [-0.39, 0.29) is 10.6 Å². The third-order valence-corrected chi connectivity index (χ3v) is 4.23. The van der Waals surface area contributed by atoms with Crippen LogP contribution >= 0.6 is 11.3 Å². The highest BCUT2D eigenvalue weighted by Crippen LogP contribution is 2.38. The Morgan fingerprint density at radius 3 is 2.38 bits per heavy atom. The van der Waals surface area contributed by atoms with Crippen molar-refractivity contribution in [3.63, 3.8) is 0 Å². The number of halogens is 3. The predicted molar refractivity (Wildman–Crippen MR) is 85.3 cm³/mol. The van der Waals surface area contributed by atoms with E-state index in [1.807, 2.05) is 26.0 Å². The summed E-state index contributed by atoms with van der Waals surface area (Å²) in [5, 5.41) is 3.07. The van der Waals surface area contributed by atoms with Crippen LogP contribution in [0.1, 0.15) is 21.5 Å². The minimum absolute atomic E-state index is 0.0907. The van der Waals surface area contributed by atoms with E-state index in [1.165, 1.54) is 5.38 Å². The zero-order chi connectivity index (χ0) is 18.1. The lowest BCUT2D eigenvalue weighted by Crippen LogP contribution is -2.30. The molecule has 0 bridgehead atoms. The molecule has 4 nitrogen and oxygen atoms in total. The molecule has 8 heteroatoms. The third kappa shape index (κ3) is 3.59. The van der Waals surface area contributed by atoms with Crippen LogP contribution in [0.4, 0.5) is 18.2 Å². The zero-order valence-electron chi connectivity index (χ0n) is 13.1. The van der Waals surface area contributed by atoms with Gasteiger partial charge in [-0.05, 0) is 25.0 Å². The maximum absolute atomic E-state index is 12.5. The van der Waals surface area contributed by atoms with Gasteiger partial charge in [0.15, 0.2) is 0 Å². The number of rotatable bonds is 3. The van der Waals surface area contributed by atoms with Gasteiger partial charge in [0.25, 0.3) is 0 Å². The van der Waals surface area contributed by atoms with Crippen molar-refractivity contribution in [2.24, 2.45) is 0 Å². The van der Waals surface area contributed by atoms with E-state index in [4.69, 9.17) is 0 Å². The van der Waals surface area contributed by atoms with Gasteiger partial charge in [-0.2, -0.15) is 13.2 Å². The molecule has 0 spiro atoms. The topological polar surface area (TPSA) is 55.4 Å². The molecular formula is C16H14F3NO3S. The van der Waals surface area contributed by atoms with Gasteiger partial charge >= 0.3 is 18.1 Å². The highest BCUT2D eigenvalue weighted by Gasteiger charge is 2.40. The van der Waals surface area contributed by atoms with Gasteiger partial charge in [0.1, 0.15) is 10.6 Å². The van der Waals surface area contributed by atoms with Crippen LogP contribution in [0.25, 0.3) is 11.1 Å². The van der Waals surface area contributed by atoms with E-state index in [2.05, 4.69) is 4.74 Å². The van der Waals surface area contributed by atoms with Gasteiger partial charge in [-0.25, -0.2) is 4.79 Å². The number of carbonyl (C=O) groups excluding carboxylic acids is 2. The number of methoxy groups -OCH3 is 1. The molecule has 1 N–H and O–H groups in total. The Kier molecular flexibility index (Phi) is 4.98. The van der Waals surface area contributed by atoms with E-state index in [0.717, 1.165) is 29.6 Å². The molecule has 1 amide bonds. The van der Waals surface area contributed by atoms with E-state index in [0.29, 0.717) is 11.1 Å². The van der Waals surface area contributed by atoms with Gasteiger partial charge in [0, 0.05) is 10.9 Å². The number of alkyl halides is 3. The van der Waals surface area contributed by atoms with Gasteiger partial charge in [-0.3, -0.25) is 4.79 Å². The van der Waals surface area contributed by atoms with Crippen molar-refractivity contribution in [2.75, 3.05) is 12.4 Å². The monoisotopic (exact) mass is 357 g/mol. The molecular weight excluding hydrogens is 343 g/mol. The summed E-state index contributed by atoms with van der Waals surface area (Å²) < 4.78 is 42.1. The molecule has 0 aliphatic rings. The molecule has 128 valence electrons. The Labute approximate surface area is 140 Å². The Morgan fingerprint density at radius 1 is 1.17 bits per heavy atom. The number of benzene rings is 1. The van der Waals surface area contributed by atoms with Crippen LogP contribution in [0.3, 0.4) is 0 Å². The molecule has 0 atom stereocenters. The highest BCUT2D eigenvalue weighted by atomic mass is 32.1. The highest BCUT2D eigenvalue weighted by molar-refractivity contribution is 7.15. The zero-order valence-corrected chi connectivity index (χ0v) is 13.9. The summed E-state index contributed by atoms with van der Waals surface area (Å²) in [5.74, 6) is -2.95. The van der Waals surface area contributed by atoms with Crippen LogP contribution in [-0.2, 0) is 9.53 Å². The fraction of sp³-hybridized carbons (Fsp3) is 0.250. The summed E-state index contributed by atoms with van der Waals surface area (Å²) in [6, 6.07) is 5.49. The number of thiophene rings is 1. The lowest BCUT2D eigenvalue weighted by Gasteiger charge is -2.10. The molecule has 1 aromatic heterocycles.